The van der Waals surface area contributed by atoms with Crippen LogP contribution in [0.1, 0.15) is 55.4 Å². The molecule has 31 heavy (non-hydrogen) atoms. The predicted molar refractivity (Wildman–Crippen MR) is 117 cm³/mol. The molecule has 0 aliphatic carbocycles. The van der Waals surface area contributed by atoms with Crippen LogP contribution in [0.25, 0.3) is 11.1 Å². The summed E-state index contributed by atoms with van der Waals surface area (Å²) in [4.78, 5) is 20.1. The summed E-state index contributed by atoms with van der Waals surface area (Å²) >= 11 is 0. The summed E-state index contributed by atoms with van der Waals surface area (Å²) in [6.45, 7) is 12.7. The molecule has 1 aromatic heterocycles. The van der Waals surface area contributed by atoms with E-state index in [1.54, 1.807) is 0 Å². The van der Waals surface area contributed by atoms with Crippen LogP contribution in [0.15, 0.2) is 10.5 Å². The molecule has 0 radical (unpaired) electrons. The van der Waals surface area contributed by atoms with Crippen molar-refractivity contribution < 1.29 is 23.4 Å². The molecule has 8 nitrogen and oxygen atoms in total. The van der Waals surface area contributed by atoms with E-state index in [9.17, 15) is 4.79 Å². The molecule has 8 heteroatoms. The van der Waals surface area contributed by atoms with E-state index >= 15 is 0 Å². The van der Waals surface area contributed by atoms with Crippen LogP contribution < -0.4 is 5.32 Å². The van der Waals surface area contributed by atoms with E-state index in [0.717, 1.165) is 50.4 Å². The van der Waals surface area contributed by atoms with Crippen LogP contribution >= 0.6 is 0 Å². The number of benzene rings is 1. The fourth-order valence-electron chi connectivity index (χ4n) is 4.02. The molecule has 4 rings (SSSR count). The van der Waals surface area contributed by atoms with Gasteiger partial charge in [0.2, 0.25) is 5.89 Å². The Bertz CT molecular complexity index is 921. The van der Waals surface area contributed by atoms with Gasteiger partial charge in [-0.05, 0) is 46.1 Å². The topological polar surface area (TPSA) is 86.1 Å². The van der Waals surface area contributed by atoms with Crippen LogP contribution in [0.2, 0.25) is 0 Å². The van der Waals surface area contributed by atoms with E-state index in [-0.39, 0.29) is 5.97 Å². The van der Waals surface area contributed by atoms with Crippen LogP contribution in [-0.4, -0.2) is 67.0 Å². The Balaban J connectivity index is 1.70. The second kappa shape index (κ2) is 9.14. The summed E-state index contributed by atoms with van der Waals surface area (Å²) in [5.74, 6) is 0.223. The van der Waals surface area contributed by atoms with Gasteiger partial charge in [-0.15, -0.1) is 0 Å². The first-order chi connectivity index (χ1) is 14.8. The minimum absolute atomic E-state index is 0.298. The van der Waals surface area contributed by atoms with Crippen molar-refractivity contribution in [2.75, 3.05) is 44.8 Å². The Labute approximate surface area is 183 Å². The van der Waals surface area contributed by atoms with Gasteiger partial charge in [-0.3, -0.25) is 4.90 Å². The molecule has 2 fully saturated rings. The standard InChI is InChI=1S/C23H33N3O5/c1-15-17(24-16-5-9-28-10-6-16)13-18-21(20(15)22(27)31-23(2,3)4)25-19(30-18)14-26-7-11-29-12-8-26/h13,16,24H,5-12,14H2,1-4H3. The minimum atomic E-state index is -0.597. The number of ether oxygens (including phenoxy) is 3. The van der Waals surface area contributed by atoms with Crippen LogP contribution in [0.3, 0.4) is 0 Å². The quantitative estimate of drug-likeness (QED) is 0.720. The van der Waals surface area contributed by atoms with Crippen LogP contribution in [0.4, 0.5) is 5.69 Å². The van der Waals surface area contributed by atoms with Gasteiger partial charge in [-0.25, -0.2) is 9.78 Å². The monoisotopic (exact) mass is 431 g/mol. The van der Waals surface area contributed by atoms with Crippen LogP contribution in [0.5, 0.6) is 0 Å². The molecule has 2 aliphatic heterocycles. The molecule has 2 aliphatic rings. The van der Waals surface area contributed by atoms with Gasteiger partial charge in [0.05, 0.1) is 25.3 Å². The summed E-state index contributed by atoms with van der Waals surface area (Å²) in [7, 11) is 0. The van der Waals surface area contributed by atoms with Crippen molar-refractivity contribution in [3.05, 3.63) is 23.1 Å². The number of anilines is 1. The zero-order valence-corrected chi connectivity index (χ0v) is 19.0. The van der Waals surface area contributed by atoms with Gasteiger partial charge in [0.25, 0.3) is 0 Å². The lowest BCUT2D eigenvalue weighted by molar-refractivity contribution is 0.00708. The van der Waals surface area contributed by atoms with Gasteiger partial charge in [0.1, 0.15) is 11.1 Å². The van der Waals surface area contributed by atoms with E-state index in [2.05, 4.69) is 10.2 Å². The molecule has 2 aromatic rings. The fraction of sp³-hybridized carbons (Fsp3) is 0.652. The summed E-state index contributed by atoms with van der Waals surface area (Å²) in [6, 6.07) is 2.26. The highest BCUT2D eigenvalue weighted by atomic mass is 16.6. The molecule has 0 spiro atoms. The lowest BCUT2D eigenvalue weighted by atomic mass is 10.0. The SMILES string of the molecule is Cc1c(NC2CCOCC2)cc2oc(CN3CCOCC3)nc2c1C(=O)OC(C)(C)C. The average Bonchev–Trinajstić information content (AvgIpc) is 3.10. The maximum absolute atomic E-state index is 13.2. The highest BCUT2D eigenvalue weighted by Crippen LogP contribution is 2.32. The molecule has 0 unspecified atom stereocenters. The summed E-state index contributed by atoms with van der Waals surface area (Å²) in [5.41, 5.74) is 2.75. The van der Waals surface area contributed by atoms with E-state index in [1.807, 2.05) is 33.8 Å². The van der Waals surface area contributed by atoms with Gasteiger partial charge in [0.15, 0.2) is 5.58 Å². The molecule has 1 N–H and O–H groups in total. The zero-order chi connectivity index (χ0) is 22.0. The summed E-state index contributed by atoms with van der Waals surface area (Å²) in [5, 5.41) is 3.59. The fourth-order valence-corrected chi connectivity index (χ4v) is 4.02. The maximum atomic E-state index is 13.2. The van der Waals surface area contributed by atoms with E-state index < -0.39 is 5.60 Å². The lowest BCUT2D eigenvalue weighted by Gasteiger charge is -2.26. The van der Waals surface area contributed by atoms with Gasteiger partial charge in [0, 0.05) is 44.1 Å². The third-order valence-corrected chi connectivity index (χ3v) is 5.64. The number of morpholine rings is 1. The first-order valence-corrected chi connectivity index (χ1v) is 11.1. The average molecular weight is 432 g/mol. The molecule has 170 valence electrons. The Morgan fingerprint density at radius 1 is 1.19 bits per heavy atom. The van der Waals surface area contributed by atoms with Crippen LogP contribution in [0, 0.1) is 6.92 Å². The summed E-state index contributed by atoms with van der Waals surface area (Å²) < 4.78 is 22.7. The third kappa shape index (κ3) is 5.37. The maximum Gasteiger partial charge on any atom is 0.341 e. The van der Waals surface area contributed by atoms with Crippen molar-refractivity contribution in [3.8, 4) is 0 Å². The van der Waals surface area contributed by atoms with E-state index in [0.29, 0.717) is 48.4 Å². The van der Waals surface area contributed by atoms with Crippen molar-refractivity contribution in [2.45, 2.75) is 58.7 Å². The predicted octanol–water partition coefficient (Wildman–Crippen LogP) is 3.51. The highest BCUT2D eigenvalue weighted by Gasteiger charge is 2.27. The third-order valence-electron chi connectivity index (χ3n) is 5.64. The van der Waals surface area contributed by atoms with Gasteiger partial charge in [-0.1, -0.05) is 0 Å². The number of carbonyl (C=O) groups excluding carboxylic acids is 1. The second-order valence-electron chi connectivity index (χ2n) is 9.30. The Morgan fingerprint density at radius 2 is 1.87 bits per heavy atom. The highest BCUT2D eigenvalue weighted by molar-refractivity contribution is 6.05. The molecule has 0 atom stereocenters. The normalized spacial score (nSPS) is 19.0. The zero-order valence-electron chi connectivity index (χ0n) is 19.0. The lowest BCUT2D eigenvalue weighted by Crippen LogP contribution is -2.35. The molecule has 0 bridgehead atoms. The van der Waals surface area contributed by atoms with Crippen molar-refractivity contribution in [1.29, 1.82) is 0 Å². The molecule has 0 amide bonds. The van der Waals surface area contributed by atoms with Gasteiger partial charge in [-0.2, -0.15) is 0 Å². The summed E-state index contributed by atoms with van der Waals surface area (Å²) in [6.07, 6.45) is 1.86. The molecule has 3 heterocycles. The number of oxazole rings is 1. The smallest absolute Gasteiger partial charge is 0.341 e. The number of rotatable bonds is 5. The largest absolute Gasteiger partial charge is 0.456 e. The van der Waals surface area contributed by atoms with Crippen molar-refractivity contribution >= 4 is 22.8 Å². The number of carbonyl (C=O) groups is 1. The second-order valence-corrected chi connectivity index (χ2v) is 9.30. The Kier molecular flexibility index (Phi) is 6.50. The molecular weight excluding hydrogens is 398 g/mol. The van der Waals surface area contributed by atoms with Crippen molar-refractivity contribution in [2.24, 2.45) is 0 Å². The Morgan fingerprint density at radius 3 is 2.55 bits per heavy atom. The number of nitrogens with one attached hydrogen (secondary N) is 1. The minimum Gasteiger partial charge on any atom is -0.456 e. The number of aromatic nitrogens is 1. The number of fused-ring (bicyclic) bond motifs is 1. The van der Waals surface area contributed by atoms with Crippen molar-refractivity contribution in [3.63, 3.8) is 0 Å². The van der Waals surface area contributed by atoms with Crippen molar-refractivity contribution in [1.82, 2.24) is 9.88 Å². The number of hydrogen-bond acceptors (Lipinski definition) is 8. The van der Waals surface area contributed by atoms with Crippen LogP contribution in [-0.2, 0) is 20.8 Å². The number of nitrogens with zero attached hydrogens (tertiary/aromatic N) is 2. The number of esters is 1. The molecule has 2 saturated heterocycles. The van der Waals surface area contributed by atoms with E-state index in [4.69, 9.17) is 23.6 Å². The van der Waals surface area contributed by atoms with E-state index in [1.165, 1.54) is 0 Å². The molecular formula is C23H33N3O5. The first-order valence-electron chi connectivity index (χ1n) is 11.1. The van der Waals surface area contributed by atoms with Gasteiger partial charge < -0.3 is 23.9 Å². The van der Waals surface area contributed by atoms with Gasteiger partial charge >= 0.3 is 5.97 Å². The number of hydrogen-bond donors (Lipinski definition) is 1. The Hall–Kier alpha value is -2.16. The molecule has 0 saturated carbocycles. The molecule has 1 aromatic carbocycles. The first kappa shape index (κ1) is 22.0.